The van der Waals surface area contributed by atoms with Crippen LogP contribution in [0.15, 0.2) is 36.5 Å². The Morgan fingerprint density at radius 3 is 1.26 bits per heavy atom. The molecule has 0 aromatic carbocycles. The van der Waals surface area contributed by atoms with Crippen molar-refractivity contribution in [3.05, 3.63) is 36.5 Å². The van der Waals surface area contributed by atoms with E-state index in [-0.39, 0.29) is 18.5 Å². The Morgan fingerprint density at radius 1 is 0.459 bits per heavy atom. The van der Waals surface area contributed by atoms with Crippen LogP contribution in [-0.2, 0) is 14.3 Å². The zero-order chi connectivity index (χ0) is 44.4. The molecule has 0 aliphatic rings. The van der Waals surface area contributed by atoms with Crippen LogP contribution in [0.1, 0.15) is 277 Å². The van der Waals surface area contributed by atoms with Gasteiger partial charge in [0, 0.05) is 12.8 Å². The van der Waals surface area contributed by atoms with E-state index in [1.807, 2.05) is 0 Å². The highest BCUT2D eigenvalue weighted by atomic mass is 16.5. The second kappa shape index (κ2) is 50.7. The summed E-state index contributed by atoms with van der Waals surface area (Å²) >= 11 is 0. The second-order valence-electron chi connectivity index (χ2n) is 18.2. The molecule has 0 saturated heterocycles. The van der Waals surface area contributed by atoms with E-state index in [1.165, 1.54) is 173 Å². The number of nitrogens with one attached hydrogen (secondary N) is 1. The molecule has 0 radical (unpaired) electrons. The fourth-order valence-corrected chi connectivity index (χ4v) is 8.04. The third kappa shape index (κ3) is 47.4. The molecule has 0 spiro atoms. The molecule has 0 aliphatic carbocycles. The number of hydrogen-bond acceptors (Lipinski definition) is 5. The van der Waals surface area contributed by atoms with Gasteiger partial charge < -0.3 is 20.3 Å². The van der Waals surface area contributed by atoms with Crippen molar-refractivity contribution in [1.82, 2.24) is 5.32 Å². The molecule has 2 atom stereocenters. The minimum atomic E-state index is -0.669. The number of carbonyl (C=O) groups excluding carboxylic acids is 2. The van der Waals surface area contributed by atoms with E-state index < -0.39 is 12.1 Å². The highest BCUT2D eigenvalue weighted by molar-refractivity contribution is 5.76. The van der Waals surface area contributed by atoms with Gasteiger partial charge in [-0.25, -0.2) is 0 Å². The maximum atomic E-state index is 12.4. The maximum absolute atomic E-state index is 12.4. The van der Waals surface area contributed by atoms with Gasteiger partial charge in [0.15, 0.2) is 0 Å². The number of esters is 1. The van der Waals surface area contributed by atoms with Gasteiger partial charge in [-0.1, -0.05) is 217 Å². The van der Waals surface area contributed by atoms with Crippen molar-refractivity contribution < 1.29 is 24.5 Å². The van der Waals surface area contributed by atoms with Crippen LogP contribution in [0.25, 0.3) is 0 Å². The van der Waals surface area contributed by atoms with Crippen molar-refractivity contribution in [1.29, 1.82) is 0 Å². The van der Waals surface area contributed by atoms with Crippen LogP contribution < -0.4 is 5.32 Å². The first-order valence-corrected chi connectivity index (χ1v) is 26.8. The molecule has 61 heavy (non-hydrogen) atoms. The molecular weight excluding hydrogens is 755 g/mol. The van der Waals surface area contributed by atoms with Gasteiger partial charge in [-0.2, -0.15) is 0 Å². The normalized spacial score (nSPS) is 12.9. The third-order valence-corrected chi connectivity index (χ3v) is 12.2. The maximum Gasteiger partial charge on any atom is 0.305 e. The number of aliphatic hydroxyl groups is 2. The Morgan fingerprint density at radius 2 is 0.820 bits per heavy atom. The van der Waals surface area contributed by atoms with E-state index in [9.17, 15) is 19.8 Å². The zero-order valence-electron chi connectivity index (χ0n) is 40.6. The molecule has 0 aromatic rings. The first kappa shape index (κ1) is 59.1. The average Bonchev–Trinajstić information content (AvgIpc) is 3.26. The molecule has 0 aliphatic heterocycles. The molecule has 2 unspecified atom stereocenters. The Hall–Kier alpha value is -1.92. The molecule has 0 heterocycles. The lowest BCUT2D eigenvalue weighted by molar-refractivity contribution is -0.143. The van der Waals surface area contributed by atoms with Crippen LogP contribution in [0.2, 0.25) is 0 Å². The Balaban J connectivity index is 3.46. The lowest BCUT2D eigenvalue weighted by Gasteiger charge is -2.22. The van der Waals surface area contributed by atoms with Gasteiger partial charge in [0.1, 0.15) is 0 Å². The predicted molar refractivity (Wildman–Crippen MR) is 264 cm³/mol. The number of aliphatic hydroxyl groups excluding tert-OH is 2. The summed E-state index contributed by atoms with van der Waals surface area (Å²) in [5, 5.41) is 23.1. The average molecular weight is 858 g/mol. The first-order chi connectivity index (χ1) is 30.0. The van der Waals surface area contributed by atoms with E-state index in [0.29, 0.717) is 25.9 Å². The predicted octanol–water partition coefficient (Wildman–Crippen LogP) is 16.1. The number of unbranched alkanes of at least 4 members (excludes halogenated alkanes) is 33. The number of rotatable bonds is 49. The summed E-state index contributed by atoms with van der Waals surface area (Å²) in [6.07, 6.45) is 61.3. The zero-order valence-corrected chi connectivity index (χ0v) is 40.6. The minimum Gasteiger partial charge on any atom is -0.466 e. The van der Waals surface area contributed by atoms with Crippen LogP contribution in [0.4, 0.5) is 0 Å². The number of ether oxygens (including phenoxy) is 1. The SMILES string of the molecule is CCCCCCCCC/C=C\CCCCCCCC(=O)OCCCCC/C=C\C=C/CCCCCCCCCCCCC(=O)NC(CO)C(O)CCCCCCCCCCC. The second-order valence-corrected chi connectivity index (χ2v) is 18.2. The smallest absolute Gasteiger partial charge is 0.305 e. The summed E-state index contributed by atoms with van der Waals surface area (Å²) in [5.41, 5.74) is 0. The molecule has 0 bridgehead atoms. The summed E-state index contributed by atoms with van der Waals surface area (Å²) < 4.78 is 5.45. The van der Waals surface area contributed by atoms with Crippen molar-refractivity contribution in [2.75, 3.05) is 13.2 Å². The highest BCUT2D eigenvalue weighted by Gasteiger charge is 2.20. The van der Waals surface area contributed by atoms with Crippen molar-refractivity contribution >= 4 is 11.9 Å². The first-order valence-electron chi connectivity index (χ1n) is 26.8. The summed E-state index contributed by atoms with van der Waals surface area (Å²) in [6, 6.07) is -0.547. The summed E-state index contributed by atoms with van der Waals surface area (Å²) in [4.78, 5) is 24.4. The lowest BCUT2D eigenvalue weighted by Crippen LogP contribution is -2.45. The van der Waals surface area contributed by atoms with E-state index in [1.54, 1.807) is 0 Å². The van der Waals surface area contributed by atoms with E-state index in [4.69, 9.17) is 4.74 Å². The monoisotopic (exact) mass is 858 g/mol. The molecule has 0 aromatic heterocycles. The fourth-order valence-electron chi connectivity index (χ4n) is 8.04. The Kier molecular flexibility index (Phi) is 49.1. The van der Waals surface area contributed by atoms with Gasteiger partial charge in [-0.15, -0.1) is 0 Å². The highest BCUT2D eigenvalue weighted by Crippen LogP contribution is 2.15. The van der Waals surface area contributed by atoms with Crippen LogP contribution in [-0.4, -0.2) is 47.4 Å². The lowest BCUT2D eigenvalue weighted by atomic mass is 10.0. The number of carbonyl (C=O) groups is 2. The Bertz CT molecular complexity index is 993. The molecule has 6 heteroatoms. The molecule has 0 saturated carbocycles. The largest absolute Gasteiger partial charge is 0.466 e. The van der Waals surface area contributed by atoms with E-state index >= 15 is 0 Å². The molecule has 358 valence electrons. The van der Waals surface area contributed by atoms with E-state index in [2.05, 4.69) is 55.6 Å². The van der Waals surface area contributed by atoms with E-state index in [0.717, 1.165) is 70.6 Å². The van der Waals surface area contributed by atoms with Crippen molar-refractivity contribution in [3.8, 4) is 0 Å². The van der Waals surface area contributed by atoms with Gasteiger partial charge >= 0.3 is 5.97 Å². The summed E-state index contributed by atoms with van der Waals surface area (Å²) in [7, 11) is 0. The molecule has 6 nitrogen and oxygen atoms in total. The number of amides is 1. The fraction of sp³-hybridized carbons (Fsp3) is 0.855. The summed E-state index contributed by atoms with van der Waals surface area (Å²) in [5.74, 6) is -0.0695. The van der Waals surface area contributed by atoms with Crippen LogP contribution >= 0.6 is 0 Å². The van der Waals surface area contributed by atoms with Crippen molar-refractivity contribution in [2.45, 2.75) is 289 Å². The molecular formula is C55H103NO5. The van der Waals surface area contributed by atoms with Crippen LogP contribution in [0.5, 0.6) is 0 Å². The van der Waals surface area contributed by atoms with Gasteiger partial charge in [0.05, 0.1) is 25.4 Å². The van der Waals surface area contributed by atoms with Gasteiger partial charge in [-0.05, 0) is 83.5 Å². The van der Waals surface area contributed by atoms with Crippen molar-refractivity contribution in [2.24, 2.45) is 0 Å². The van der Waals surface area contributed by atoms with Crippen molar-refractivity contribution in [3.63, 3.8) is 0 Å². The van der Waals surface area contributed by atoms with Crippen LogP contribution in [0, 0.1) is 0 Å². The minimum absolute atomic E-state index is 0.0214. The standard InChI is InChI=1S/C55H103NO5/c1-3-5-7-9-11-13-14-15-16-23-26-29-33-37-41-45-49-55(60)61-50-46-42-38-34-30-27-24-21-19-17-18-20-22-25-28-32-36-40-44-48-54(59)56-52(51-57)53(58)47-43-39-35-31-12-10-8-6-4-2/h16,21,23-24,27,30,52-53,57-58H,3-15,17-20,22,25-26,28-29,31-51H2,1-2H3,(H,56,59)/b23-16-,24-21-,30-27-. The van der Waals surface area contributed by atoms with Gasteiger partial charge in [0.2, 0.25) is 5.91 Å². The van der Waals surface area contributed by atoms with Gasteiger partial charge in [0.25, 0.3) is 0 Å². The third-order valence-electron chi connectivity index (χ3n) is 12.2. The van der Waals surface area contributed by atoms with Gasteiger partial charge in [-0.3, -0.25) is 9.59 Å². The molecule has 0 fully saturated rings. The topological polar surface area (TPSA) is 95.9 Å². The number of allylic oxidation sites excluding steroid dienone is 6. The number of hydrogen-bond donors (Lipinski definition) is 3. The molecule has 1 amide bonds. The summed E-state index contributed by atoms with van der Waals surface area (Å²) in [6.45, 7) is 4.88. The molecule has 0 rings (SSSR count). The quantitative estimate of drug-likeness (QED) is 0.0245. The Labute approximate surface area is 379 Å². The molecule has 3 N–H and O–H groups in total. The van der Waals surface area contributed by atoms with Crippen LogP contribution in [0.3, 0.4) is 0 Å².